The highest BCUT2D eigenvalue weighted by Crippen LogP contribution is 2.36. The number of rotatable bonds is 4. The molecule has 0 amide bonds. The summed E-state index contributed by atoms with van der Waals surface area (Å²) < 4.78 is 0. The molecular formula is C12H26Si. The second-order valence-corrected chi connectivity index (χ2v) is 10.8. The molecular weight excluding hydrogens is 172 g/mol. The van der Waals surface area contributed by atoms with Crippen LogP contribution < -0.4 is 0 Å². The molecule has 0 aliphatic heterocycles. The van der Waals surface area contributed by atoms with E-state index in [1.54, 1.807) is 0 Å². The average Bonchev–Trinajstić information content (AvgIpc) is 1.96. The lowest BCUT2D eigenvalue weighted by Gasteiger charge is -2.34. The summed E-state index contributed by atoms with van der Waals surface area (Å²) in [5.74, 6) is 0. The molecule has 0 heterocycles. The van der Waals surface area contributed by atoms with E-state index >= 15 is 0 Å². The van der Waals surface area contributed by atoms with Crippen molar-refractivity contribution in [2.75, 3.05) is 0 Å². The summed E-state index contributed by atoms with van der Waals surface area (Å²) in [5, 5.41) is 0.496. The zero-order valence-corrected chi connectivity index (χ0v) is 11.3. The van der Waals surface area contributed by atoms with E-state index in [-0.39, 0.29) is 0 Å². The molecule has 0 rings (SSSR count). The lowest BCUT2D eigenvalue weighted by molar-refractivity contribution is 0.728. The lowest BCUT2D eigenvalue weighted by atomic mass is 10.2. The molecule has 0 aromatic heterocycles. The van der Waals surface area contributed by atoms with E-state index in [0.717, 1.165) is 0 Å². The van der Waals surface area contributed by atoms with Gasteiger partial charge in [-0.2, -0.15) is 0 Å². The predicted molar refractivity (Wildman–Crippen MR) is 65.9 cm³/mol. The van der Waals surface area contributed by atoms with E-state index < -0.39 is 8.07 Å². The van der Waals surface area contributed by atoms with Crippen molar-refractivity contribution in [3.05, 3.63) is 11.8 Å². The van der Waals surface area contributed by atoms with Gasteiger partial charge in [0.15, 0.2) is 0 Å². The van der Waals surface area contributed by atoms with E-state index in [4.69, 9.17) is 0 Å². The zero-order chi connectivity index (χ0) is 10.5. The van der Waals surface area contributed by atoms with Crippen LogP contribution in [0.4, 0.5) is 0 Å². The average molecular weight is 198 g/mol. The van der Waals surface area contributed by atoms with Gasteiger partial charge in [0, 0.05) is 0 Å². The van der Waals surface area contributed by atoms with E-state index in [2.05, 4.69) is 52.6 Å². The van der Waals surface area contributed by atoms with Crippen molar-refractivity contribution in [1.82, 2.24) is 0 Å². The zero-order valence-electron chi connectivity index (χ0n) is 10.3. The second kappa shape index (κ2) is 4.99. The molecule has 0 N–H and O–H groups in total. The molecule has 0 aromatic rings. The molecule has 0 fully saturated rings. The first-order valence-corrected chi connectivity index (χ1v) is 8.56. The molecule has 0 aliphatic carbocycles. The standard InChI is InChI=1S/C12H26Si/c1-7-8-9-10-11-13(5,6)12(2,3)4/h10-11H,7-9H2,1-6H3. The Balaban J connectivity index is 4.09. The highest BCUT2D eigenvalue weighted by Gasteiger charge is 2.31. The van der Waals surface area contributed by atoms with Crippen LogP contribution in [0.1, 0.15) is 47.0 Å². The van der Waals surface area contributed by atoms with Crippen molar-refractivity contribution in [3.8, 4) is 0 Å². The Bertz CT molecular complexity index is 160. The molecule has 0 atom stereocenters. The van der Waals surface area contributed by atoms with Gasteiger partial charge in [-0.05, 0) is 11.5 Å². The van der Waals surface area contributed by atoms with Crippen molar-refractivity contribution in [1.29, 1.82) is 0 Å². The fourth-order valence-electron chi connectivity index (χ4n) is 0.950. The van der Waals surface area contributed by atoms with Gasteiger partial charge >= 0.3 is 0 Å². The van der Waals surface area contributed by atoms with Crippen molar-refractivity contribution in [3.63, 3.8) is 0 Å². The van der Waals surface area contributed by atoms with Crippen LogP contribution in [0, 0.1) is 0 Å². The van der Waals surface area contributed by atoms with Crippen LogP contribution in [0.3, 0.4) is 0 Å². The van der Waals surface area contributed by atoms with Crippen molar-refractivity contribution < 1.29 is 0 Å². The van der Waals surface area contributed by atoms with E-state index in [1.165, 1.54) is 19.3 Å². The summed E-state index contributed by atoms with van der Waals surface area (Å²) in [6, 6.07) is 0. The fourth-order valence-corrected chi connectivity index (χ4v) is 2.21. The molecule has 78 valence electrons. The molecule has 0 radical (unpaired) electrons. The quantitative estimate of drug-likeness (QED) is 0.450. The summed E-state index contributed by atoms with van der Waals surface area (Å²) in [4.78, 5) is 0. The Kier molecular flexibility index (Phi) is 4.98. The van der Waals surface area contributed by atoms with Crippen LogP contribution in [0.2, 0.25) is 18.1 Å². The van der Waals surface area contributed by atoms with Crippen LogP contribution in [-0.4, -0.2) is 8.07 Å². The minimum Gasteiger partial charge on any atom is -0.0981 e. The Labute approximate surface area is 85.4 Å². The van der Waals surface area contributed by atoms with E-state index in [1.807, 2.05) is 0 Å². The smallest absolute Gasteiger partial charge is 0.0766 e. The van der Waals surface area contributed by atoms with Crippen molar-refractivity contribution >= 4 is 8.07 Å². The highest BCUT2D eigenvalue weighted by molar-refractivity contribution is 6.84. The largest absolute Gasteiger partial charge is 0.0981 e. The maximum Gasteiger partial charge on any atom is 0.0766 e. The third kappa shape index (κ3) is 4.66. The summed E-state index contributed by atoms with van der Waals surface area (Å²) in [6.07, 6.45) is 6.32. The maximum absolute atomic E-state index is 2.52. The molecule has 0 aliphatic rings. The minimum absolute atomic E-state index is 0.496. The fraction of sp³-hybridized carbons (Fsp3) is 0.833. The number of hydrogen-bond acceptors (Lipinski definition) is 0. The molecule has 0 spiro atoms. The van der Waals surface area contributed by atoms with Crippen LogP contribution in [-0.2, 0) is 0 Å². The third-order valence-electron chi connectivity index (χ3n) is 3.19. The molecule has 13 heavy (non-hydrogen) atoms. The second-order valence-electron chi connectivity index (χ2n) is 5.52. The van der Waals surface area contributed by atoms with Crippen LogP contribution >= 0.6 is 0 Å². The van der Waals surface area contributed by atoms with Gasteiger partial charge in [-0.3, -0.25) is 0 Å². The highest BCUT2D eigenvalue weighted by atomic mass is 28.3. The van der Waals surface area contributed by atoms with Gasteiger partial charge in [0.1, 0.15) is 0 Å². The lowest BCUT2D eigenvalue weighted by Crippen LogP contribution is -2.34. The molecule has 0 aromatic carbocycles. The first-order valence-electron chi connectivity index (χ1n) is 5.49. The van der Waals surface area contributed by atoms with Gasteiger partial charge in [0.05, 0.1) is 8.07 Å². The topological polar surface area (TPSA) is 0 Å². The molecule has 0 bridgehead atoms. The van der Waals surface area contributed by atoms with Crippen LogP contribution in [0.5, 0.6) is 0 Å². The molecule has 0 unspecified atom stereocenters. The maximum atomic E-state index is 2.52. The monoisotopic (exact) mass is 198 g/mol. The Morgan fingerprint density at radius 2 is 1.69 bits per heavy atom. The predicted octanol–water partition coefficient (Wildman–Crippen LogP) is 4.78. The summed E-state index contributed by atoms with van der Waals surface area (Å²) in [6.45, 7) is 14.3. The Morgan fingerprint density at radius 1 is 1.15 bits per heavy atom. The number of allylic oxidation sites excluding steroid dienone is 1. The van der Waals surface area contributed by atoms with E-state index in [0.29, 0.717) is 5.04 Å². The molecule has 0 saturated heterocycles. The van der Waals surface area contributed by atoms with Gasteiger partial charge in [-0.25, -0.2) is 0 Å². The molecule has 1 heteroatoms. The van der Waals surface area contributed by atoms with Gasteiger partial charge in [-0.1, -0.05) is 65.4 Å². The normalized spacial score (nSPS) is 14.0. The van der Waals surface area contributed by atoms with Crippen LogP contribution in [0.25, 0.3) is 0 Å². The molecule has 0 nitrogen and oxygen atoms in total. The Hall–Kier alpha value is -0.0431. The molecule has 0 saturated carbocycles. The van der Waals surface area contributed by atoms with Gasteiger partial charge in [-0.15, -0.1) is 0 Å². The minimum atomic E-state index is -1.14. The van der Waals surface area contributed by atoms with Gasteiger partial charge in [0.2, 0.25) is 0 Å². The summed E-state index contributed by atoms with van der Waals surface area (Å²) in [5.41, 5.74) is 2.52. The number of unbranched alkanes of at least 4 members (excludes halogenated alkanes) is 2. The SMILES string of the molecule is CCCCC=C[Si](C)(C)C(C)(C)C. The van der Waals surface area contributed by atoms with Crippen LogP contribution in [0.15, 0.2) is 11.8 Å². The van der Waals surface area contributed by atoms with Crippen molar-refractivity contribution in [2.45, 2.75) is 65.1 Å². The van der Waals surface area contributed by atoms with Gasteiger partial charge in [0.25, 0.3) is 0 Å². The van der Waals surface area contributed by atoms with E-state index in [9.17, 15) is 0 Å². The number of hydrogen-bond donors (Lipinski definition) is 0. The van der Waals surface area contributed by atoms with Gasteiger partial charge < -0.3 is 0 Å². The third-order valence-corrected chi connectivity index (χ3v) is 8.13. The summed E-state index contributed by atoms with van der Waals surface area (Å²) >= 11 is 0. The Morgan fingerprint density at radius 3 is 2.08 bits per heavy atom. The summed E-state index contributed by atoms with van der Waals surface area (Å²) in [7, 11) is -1.14. The van der Waals surface area contributed by atoms with Crippen molar-refractivity contribution in [2.24, 2.45) is 0 Å². The first-order chi connectivity index (χ1) is 5.81. The first kappa shape index (κ1) is 13.0.